The van der Waals surface area contributed by atoms with Gasteiger partial charge in [0.25, 0.3) is 0 Å². The minimum Gasteiger partial charge on any atom is -0.439 e. The van der Waals surface area contributed by atoms with Crippen molar-refractivity contribution in [2.45, 2.75) is 19.4 Å². The summed E-state index contributed by atoms with van der Waals surface area (Å²) in [5, 5.41) is 2.86. The summed E-state index contributed by atoms with van der Waals surface area (Å²) in [7, 11) is 0. The van der Waals surface area contributed by atoms with Crippen molar-refractivity contribution in [3.8, 4) is 0 Å². The summed E-state index contributed by atoms with van der Waals surface area (Å²) in [5.41, 5.74) is 1.58. The number of oxazole rings is 1. The Morgan fingerprint density at radius 3 is 2.95 bits per heavy atom. The lowest BCUT2D eigenvalue weighted by molar-refractivity contribution is -0.118. The number of hydrogen-bond acceptors (Lipinski definition) is 5. The van der Waals surface area contributed by atoms with E-state index in [2.05, 4.69) is 15.2 Å². The number of amides is 1. The van der Waals surface area contributed by atoms with Crippen LogP contribution in [0.2, 0.25) is 0 Å². The van der Waals surface area contributed by atoms with E-state index in [-0.39, 0.29) is 5.91 Å². The van der Waals surface area contributed by atoms with Crippen LogP contribution in [-0.4, -0.2) is 46.9 Å². The fourth-order valence-electron chi connectivity index (χ4n) is 2.59. The standard InChI is InChI=1S/C16H21N3O2S/c20-15(12-22-10-9-19-7-3-4-8-19)17-11-16-18-13-5-1-2-6-14(13)21-16/h1-2,5-6H,3-4,7-12H2,(H,17,20). The van der Waals surface area contributed by atoms with Gasteiger partial charge >= 0.3 is 0 Å². The van der Waals surface area contributed by atoms with E-state index in [9.17, 15) is 4.79 Å². The van der Waals surface area contributed by atoms with Crippen LogP contribution >= 0.6 is 11.8 Å². The number of carbonyl (C=O) groups is 1. The van der Waals surface area contributed by atoms with Gasteiger partial charge in [-0.15, -0.1) is 0 Å². The zero-order valence-corrected chi connectivity index (χ0v) is 13.4. The monoisotopic (exact) mass is 319 g/mol. The van der Waals surface area contributed by atoms with E-state index >= 15 is 0 Å². The minimum atomic E-state index is 0.0358. The molecule has 2 aromatic rings. The highest BCUT2D eigenvalue weighted by atomic mass is 32.2. The third kappa shape index (κ3) is 4.24. The predicted molar refractivity (Wildman–Crippen MR) is 88.9 cm³/mol. The van der Waals surface area contributed by atoms with E-state index in [1.165, 1.54) is 25.9 Å². The number of nitrogens with zero attached hydrogens (tertiary/aromatic N) is 2. The van der Waals surface area contributed by atoms with Crippen molar-refractivity contribution in [1.29, 1.82) is 0 Å². The minimum absolute atomic E-state index is 0.0358. The molecule has 1 aromatic carbocycles. The average molecular weight is 319 g/mol. The Balaban J connectivity index is 1.35. The van der Waals surface area contributed by atoms with Crippen LogP contribution in [0.1, 0.15) is 18.7 Å². The Labute approximate surface area is 134 Å². The van der Waals surface area contributed by atoms with E-state index in [1.807, 2.05) is 24.3 Å². The first-order valence-corrected chi connectivity index (χ1v) is 8.88. The molecule has 6 heteroatoms. The summed E-state index contributed by atoms with van der Waals surface area (Å²) in [6.07, 6.45) is 2.63. The molecule has 0 bridgehead atoms. The molecule has 0 atom stereocenters. The third-order valence-electron chi connectivity index (χ3n) is 3.76. The molecule has 0 radical (unpaired) electrons. The highest BCUT2D eigenvalue weighted by Crippen LogP contribution is 2.14. The van der Waals surface area contributed by atoms with Crippen LogP contribution in [0.5, 0.6) is 0 Å². The normalized spacial score (nSPS) is 15.5. The Morgan fingerprint density at radius 1 is 1.32 bits per heavy atom. The maximum atomic E-state index is 11.8. The molecule has 5 nitrogen and oxygen atoms in total. The molecule has 22 heavy (non-hydrogen) atoms. The van der Waals surface area contributed by atoms with Crippen molar-refractivity contribution < 1.29 is 9.21 Å². The van der Waals surface area contributed by atoms with Crippen LogP contribution < -0.4 is 5.32 Å². The molecule has 0 aliphatic carbocycles. The van der Waals surface area contributed by atoms with Gasteiger partial charge in [-0.05, 0) is 38.1 Å². The molecule has 3 rings (SSSR count). The van der Waals surface area contributed by atoms with Crippen LogP contribution in [0.3, 0.4) is 0 Å². The molecule has 0 saturated carbocycles. The number of benzene rings is 1. The van der Waals surface area contributed by atoms with Gasteiger partial charge in [-0.25, -0.2) is 4.98 Å². The van der Waals surface area contributed by atoms with Crippen molar-refractivity contribution in [3.63, 3.8) is 0 Å². The number of para-hydroxylation sites is 2. The van der Waals surface area contributed by atoms with Crippen LogP contribution in [-0.2, 0) is 11.3 Å². The van der Waals surface area contributed by atoms with Crippen molar-refractivity contribution in [2.75, 3.05) is 31.1 Å². The highest BCUT2D eigenvalue weighted by Gasteiger charge is 2.11. The van der Waals surface area contributed by atoms with Gasteiger partial charge in [0, 0.05) is 12.3 Å². The lowest BCUT2D eigenvalue weighted by Crippen LogP contribution is -2.26. The van der Waals surface area contributed by atoms with Crippen molar-refractivity contribution in [1.82, 2.24) is 15.2 Å². The second-order valence-corrected chi connectivity index (χ2v) is 6.56. The summed E-state index contributed by atoms with van der Waals surface area (Å²) < 4.78 is 5.57. The molecule has 1 fully saturated rings. The van der Waals surface area contributed by atoms with Crippen LogP contribution in [0.4, 0.5) is 0 Å². The molecule has 2 heterocycles. The number of rotatable bonds is 7. The zero-order chi connectivity index (χ0) is 15.2. The summed E-state index contributed by atoms with van der Waals surface area (Å²) >= 11 is 1.68. The van der Waals surface area contributed by atoms with Crippen molar-refractivity contribution >= 4 is 28.8 Å². The van der Waals surface area contributed by atoms with E-state index in [1.54, 1.807) is 11.8 Å². The first-order valence-electron chi connectivity index (χ1n) is 7.72. The topological polar surface area (TPSA) is 58.4 Å². The lowest BCUT2D eigenvalue weighted by atomic mass is 10.3. The van der Waals surface area contributed by atoms with E-state index in [0.29, 0.717) is 18.2 Å². The number of carbonyl (C=O) groups excluding carboxylic acids is 1. The van der Waals surface area contributed by atoms with Gasteiger partial charge in [-0.3, -0.25) is 4.79 Å². The maximum Gasteiger partial charge on any atom is 0.230 e. The fraction of sp³-hybridized carbons (Fsp3) is 0.500. The van der Waals surface area contributed by atoms with Gasteiger partial charge < -0.3 is 14.6 Å². The second kappa shape index (κ2) is 7.65. The third-order valence-corrected chi connectivity index (χ3v) is 4.70. The Morgan fingerprint density at radius 2 is 2.14 bits per heavy atom. The van der Waals surface area contributed by atoms with Gasteiger partial charge in [0.15, 0.2) is 5.58 Å². The molecule has 0 unspecified atom stereocenters. The molecule has 1 saturated heterocycles. The van der Waals surface area contributed by atoms with Gasteiger partial charge in [0.2, 0.25) is 11.8 Å². The Hall–Kier alpha value is -1.53. The number of aromatic nitrogens is 1. The summed E-state index contributed by atoms with van der Waals surface area (Å²) in [4.78, 5) is 18.6. The van der Waals surface area contributed by atoms with Crippen LogP contribution in [0.15, 0.2) is 28.7 Å². The molecule has 118 valence electrons. The summed E-state index contributed by atoms with van der Waals surface area (Å²) in [6, 6.07) is 7.61. The van der Waals surface area contributed by atoms with E-state index < -0.39 is 0 Å². The molecule has 1 N–H and O–H groups in total. The molecule has 1 aliphatic heterocycles. The van der Waals surface area contributed by atoms with Crippen molar-refractivity contribution in [3.05, 3.63) is 30.2 Å². The number of fused-ring (bicyclic) bond motifs is 1. The van der Waals surface area contributed by atoms with Gasteiger partial charge in [-0.1, -0.05) is 12.1 Å². The summed E-state index contributed by atoms with van der Waals surface area (Å²) in [6.45, 7) is 3.86. The summed E-state index contributed by atoms with van der Waals surface area (Å²) in [5.74, 6) is 2.09. The predicted octanol–water partition coefficient (Wildman–Crippen LogP) is 2.27. The molecule has 1 aliphatic rings. The maximum absolute atomic E-state index is 11.8. The number of thioether (sulfide) groups is 1. The molecular formula is C16H21N3O2S. The first kappa shape index (κ1) is 15.4. The highest BCUT2D eigenvalue weighted by molar-refractivity contribution is 7.99. The van der Waals surface area contributed by atoms with E-state index in [4.69, 9.17) is 4.42 Å². The number of likely N-dealkylation sites (tertiary alicyclic amines) is 1. The number of hydrogen-bond donors (Lipinski definition) is 1. The first-order chi connectivity index (χ1) is 10.8. The van der Waals surface area contributed by atoms with Crippen LogP contribution in [0, 0.1) is 0 Å². The van der Waals surface area contributed by atoms with E-state index in [0.717, 1.165) is 23.4 Å². The zero-order valence-electron chi connectivity index (χ0n) is 12.6. The fourth-order valence-corrected chi connectivity index (χ4v) is 3.40. The van der Waals surface area contributed by atoms with Gasteiger partial charge in [0.05, 0.1) is 12.3 Å². The molecule has 0 spiro atoms. The van der Waals surface area contributed by atoms with Crippen LogP contribution in [0.25, 0.3) is 11.1 Å². The quantitative estimate of drug-likeness (QED) is 0.793. The lowest BCUT2D eigenvalue weighted by Gasteiger charge is -2.13. The largest absolute Gasteiger partial charge is 0.439 e. The molecule has 1 aromatic heterocycles. The smallest absolute Gasteiger partial charge is 0.230 e. The Kier molecular flexibility index (Phi) is 5.34. The number of nitrogens with one attached hydrogen (secondary N) is 1. The SMILES string of the molecule is O=C(CSCCN1CCCC1)NCc1nc2ccccc2o1. The van der Waals surface area contributed by atoms with Gasteiger partial charge in [0.1, 0.15) is 5.52 Å². The molecular weight excluding hydrogens is 298 g/mol. The van der Waals surface area contributed by atoms with Gasteiger partial charge in [-0.2, -0.15) is 11.8 Å². The Bertz CT molecular complexity index is 590. The average Bonchev–Trinajstić information content (AvgIpc) is 3.18. The molecule has 1 amide bonds. The second-order valence-electron chi connectivity index (χ2n) is 5.45. The van der Waals surface area contributed by atoms with Crippen molar-refractivity contribution in [2.24, 2.45) is 0 Å².